The second-order valence-corrected chi connectivity index (χ2v) is 5.39. The second-order valence-electron chi connectivity index (χ2n) is 5.39. The minimum absolute atomic E-state index is 0.155. The monoisotopic (exact) mass is 271 g/mol. The average molecular weight is 271 g/mol. The van der Waals surface area contributed by atoms with Crippen LogP contribution in [0.15, 0.2) is 29.2 Å². The lowest BCUT2D eigenvalue weighted by molar-refractivity contribution is 0.112. The SMILES string of the molecule is C[C@H]1CCCN(c2nc3ccccn3c(=O)c2C=O)C1. The summed E-state index contributed by atoms with van der Waals surface area (Å²) >= 11 is 0. The van der Waals surface area contributed by atoms with Crippen LogP contribution in [0.4, 0.5) is 5.82 Å². The number of hydrogen-bond acceptors (Lipinski definition) is 4. The Kier molecular flexibility index (Phi) is 3.26. The molecular weight excluding hydrogens is 254 g/mol. The molecule has 0 saturated carbocycles. The van der Waals surface area contributed by atoms with E-state index in [0.29, 0.717) is 23.7 Å². The summed E-state index contributed by atoms with van der Waals surface area (Å²) in [6, 6.07) is 5.38. The van der Waals surface area contributed by atoms with Crippen LogP contribution in [0.2, 0.25) is 0 Å². The lowest BCUT2D eigenvalue weighted by Gasteiger charge is -2.32. The molecule has 0 unspecified atom stereocenters. The number of carbonyl (C=O) groups is 1. The van der Waals surface area contributed by atoms with Gasteiger partial charge in [0.25, 0.3) is 5.56 Å². The van der Waals surface area contributed by atoms with Crippen molar-refractivity contribution in [3.8, 4) is 0 Å². The highest BCUT2D eigenvalue weighted by Gasteiger charge is 2.22. The van der Waals surface area contributed by atoms with Gasteiger partial charge < -0.3 is 4.90 Å². The van der Waals surface area contributed by atoms with Crippen LogP contribution < -0.4 is 10.5 Å². The number of nitrogens with zero attached hydrogens (tertiary/aromatic N) is 3. The highest BCUT2D eigenvalue weighted by Crippen LogP contribution is 2.22. The lowest BCUT2D eigenvalue weighted by Crippen LogP contribution is -2.37. The van der Waals surface area contributed by atoms with Crippen molar-refractivity contribution in [3.05, 3.63) is 40.3 Å². The van der Waals surface area contributed by atoms with Gasteiger partial charge >= 0.3 is 0 Å². The Hall–Kier alpha value is -2.17. The number of anilines is 1. The molecule has 0 bridgehead atoms. The number of fused-ring (bicyclic) bond motifs is 1. The highest BCUT2D eigenvalue weighted by molar-refractivity contribution is 5.83. The molecule has 3 rings (SSSR count). The van der Waals surface area contributed by atoms with E-state index in [1.165, 1.54) is 10.8 Å². The van der Waals surface area contributed by atoms with Crippen LogP contribution in [0.1, 0.15) is 30.1 Å². The molecule has 1 fully saturated rings. The Bertz CT molecular complexity index is 708. The molecule has 104 valence electrons. The number of hydrogen-bond donors (Lipinski definition) is 0. The Balaban J connectivity index is 2.19. The van der Waals surface area contributed by atoms with E-state index >= 15 is 0 Å². The van der Waals surface area contributed by atoms with Gasteiger partial charge in [-0.15, -0.1) is 0 Å². The predicted octanol–water partition coefficient (Wildman–Crippen LogP) is 1.74. The van der Waals surface area contributed by atoms with E-state index in [1.54, 1.807) is 18.3 Å². The van der Waals surface area contributed by atoms with Crippen LogP contribution in [0.5, 0.6) is 0 Å². The molecule has 5 heteroatoms. The molecule has 5 nitrogen and oxygen atoms in total. The van der Waals surface area contributed by atoms with Crippen molar-refractivity contribution in [1.82, 2.24) is 9.38 Å². The van der Waals surface area contributed by atoms with Crippen molar-refractivity contribution in [1.29, 1.82) is 0 Å². The van der Waals surface area contributed by atoms with Crippen molar-refractivity contribution < 1.29 is 4.79 Å². The lowest BCUT2D eigenvalue weighted by atomic mass is 10.00. The Morgan fingerprint density at radius 3 is 3.00 bits per heavy atom. The van der Waals surface area contributed by atoms with Gasteiger partial charge in [0.1, 0.15) is 17.0 Å². The zero-order valence-electron chi connectivity index (χ0n) is 11.5. The third-order valence-electron chi connectivity index (χ3n) is 3.82. The van der Waals surface area contributed by atoms with Crippen LogP contribution in [-0.2, 0) is 0 Å². The first-order valence-electron chi connectivity index (χ1n) is 6.92. The van der Waals surface area contributed by atoms with Crippen molar-refractivity contribution in [2.45, 2.75) is 19.8 Å². The van der Waals surface area contributed by atoms with Crippen molar-refractivity contribution in [2.75, 3.05) is 18.0 Å². The Morgan fingerprint density at radius 2 is 2.25 bits per heavy atom. The molecule has 0 amide bonds. The van der Waals surface area contributed by atoms with E-state index in [-0.39, 0.29) is 11.1 Å². The van der Waals surface area contributed by atoms with E-state index in [2.05, 4.69) is 16.8 Å². The number of carbonyl (C=O) groups excluding carboxylic acids is 1. The van der Waals surface area contributed by atoms with Crippen LogP contribution in [0, 0.1) is 5.92 Å². The van der Waals surface area contributed by atoms with Crippen LogP contribution in [0.25, 0.3) is 5.65 Å². The Morgan fingerprint density at radius 1 is 1.40 bits per heavy atom. The molecule has 0 aliphatic carbocycles. The van der Waals surface area contributed by atoms with Crippen molar-refractivity contribution in [3.63, 3.8) is 0 Å². The summed E-state index contributed by atoms with van der Waals surface area (Å²) in [6.07, 6.45) is 4.51. The maximum Gasteiger partial charge on any atom is 0.270 e. The summed E-state index contributed by atoms with van der Waals surface area (Å²) in [4.78, 5) is 30.3. The molecule has 1 atom stereocenters. The molecule has 0 radical (unpaired) electrons. The van der Waals surface area contributed by atoms with E-state index in [1.807, 2.05) is 6.07 Å². The third-order valence-corrected chi connectivity index (χ3v) is 3.82. The minimum atomic E-state index is -0.293. The first-order valence-corrected chi connectivity index (χ1v) is 6.92. The standard InChI is InChI=1S/C15H17N3O2/c1-11-5-4-7-17(9-11)14-12(10-19)15(20)18-8-3-2-6-13(18)16-14/h2-3,6,8,10-11H,4-5,7,9H2,1H3/t11-/m0/s1. The summed E-state index contributed by atoms with van der Waals surface area (Å²) in [5, 5.41) is 0. The summed E-state index contributed by atoms with van der Waals surface area (Å²) in [7, 11) is 0. The third kappa shape index (κ3) is 2.09. The topological polar surface area (TPSA) is 54.7 Å². The molecule has 1 aliphatic heterocycles. The van der Waals surface area contributed by atoms with E-state index in [9.17, 15) is 9.59 Å². The molecule has 20 heavy (non-hydrogen) atoms. The molecule has 1 aliphatic rings. The highest BCUT2D eigenvalue weighted by atomic mass is 16.1. The average Bonchev–Trinajstić information content (AvgIpc) is 2.47. The van der Waals surface area contributed by atoms with Gasteiger partial charge in [-0.3, -0.25) is 14.0 Å². The summed E-state index contributed by atoms with van der Waals surface area (Å²) in [5.74, 6) is 1.09. The van der Waals surface area contributed by atoms with Gasteiger partial charge in [-0.1, -0.05) is 13.0 Å². The van der Waals surface area contributed by atoms with E-state index in [0.717, 1.165) is 19.5 Å². The molecule has 2 aromatic heterocycles. The van der Waals surface area contributed by atoms with Crippen molar-refractivity contribution >= 4 is 17.8 Å². The molecule has 1 saturated heterocycles. The first kappa shape index (κ1) is 12.8. The molecule has 0 N–H and O–H groups in total. The van der Waals surface area contributed by atoms with Gasteiger partial charge in [0.15, 0.2) is 6.29 Å². The molecular formula is C15H17N3O2. The van der Waals surface area contributed by atoms with Crippen LogP contribution in [0.3, 0.4) is 0 Å². The smallest absolute Gasteiger partial charge is 0.270 e. The molecule has 0 aromatic carbocycles. The zero-order valence-corrected chi connectivity index (χ0v) is 11.5. The van der Waals surface area contributed by atoms with E-state index in [4.69, 9.17) is 0 Å². The molecule has 3 heterocycles. The van der Waals surface area contributed by atoms with E-state index < -0.39 is 0 Å². The summed E-state index contributed by atoms with van der Waals surface area (Å²) < 4.78 is 1.42. The zero-order chi connectivity index (χ0) is 14.1. The van der Waals surface area contributed by atoms with Crippen LogP contribution >= 0.6 is 0 Å². The van der Waals surface area contributed by atoms with Gasteiger partial charge in [-0.2, -0.15) is 0 Å². The maximum absolute atomic E-state index is 12.4. The number of aromatic nitrogens is 2. The normalized spacial score (nSPS) is 19.2. The maximum atomic E-state index is 12.4. The van der Waals surface area contributed by atoms with Gasteiger partial charge in [0, 0.05) is 19.3 Å². The van der Waals surface area contributed by atoms with Gasteiger partial charge in [-0.25, -0.2) is 4.98 Å². The quantitative estimate of drug-likeness (QED) is 0.781. The largest absolute Gasteiger partial charge is 0.356 e. The molecule has 0 spiro atoms. The number of aldehydes is 1. The van der Waals surface area contributed by atoms with Gasteiger partial charge in [0.2, 0.25) is 0 Å². The van der Waals surface area contributed by atoms with Gasteiger partial charge in [0.05, 0.1) is 0 Å². The predicted molar refractivity (Wildman–Crippen MR) is 77.5 cm³/mol. The molecule has 2 aromatic rings. The summed E-state index contributed by atoms with van der Waals surface area (Å²) in [6.45, 7) is 3.87. The first-order chi connectivity index (χ1) is 9.70. The van der Waals surface area contributed by atoms with Crippen molar-refractivity contribution in [2.24, 2.45) is 5.92 Å². The minimum Gasteiger partial charge on any atom is -0.356 e. The number of piperidine rings is 1. The fourth-order valence-corrected chi connectivity index (χ4v) is 2.82. The number of rotatable bonds is 2. The second kappa shape index (κ2) is 5.07. The van der Waals surface area contributed by atoms with Crippen LogP contribution in [-0.4, -0.2) is 28.8 Å². The van der Waals surface area contributed by atoms with Gasteiger partial charge in [-0.05, 0) is 30.9 Å². The number of pyridine rings is 1. The fourth-order valence-electron chi connectivity index (χ4n) is 2.82. The fraction of sp³-hybridized carbons (Fsp3) is 0.400. The Labute approximate surface area is 116 Å². The summed E-state index contributed by atoms with van der Waals surface area (Å²) in [5.41, 5.74) is 0.443.